The van der Waals surface area contributed by atoms with E-state index in [1.54, 1.807) is 0 Å². The lowest BCUT2D eigenvalue weighted by Crippen LogP contribution is -2.32. The molecule has 0 radical (unpaired) electrons. The molecule has 1 aromatic carbocycles. The summed E-state index contributed by atoms with van der Waals surface area (Å²) in [5.74, 6) is 0.644. The Morgan fingerprint density at radius 3 is 2.83 bits per heavy atom. The number of rotatable bonds is 4. The Kier molecular flexibility index (Phi) is 5.73. The van der Waals surface area contributed by atoms with Gasteiger partial charge in [-0.25, -0.2) is 0 Å². The molecule has 1 fully saturated rings. The highest BCUT2D eigenvalue weighted by Crippen LogP contribution is 2.33. The van der Waals surface area contributed by atoms with Gasteiger partial charge < -0.3 is 10.1 Å². The molecule has 0 spiro atoms. The van der Waals surface area contributed by atoms with Gasteiger partial charge >= 0.3 is 0 Å². The maximum Gasteiger partial charge on any atom is 0.0469 e. The summed E-state index contributed by atoms with van der Waals surface area (Å²) in [6.07, 6.45) is 2.25. The molecule has 18 heavy (non-hydrogen) atoms. The van der Waals surface area contributed by atoms with E-state index in [-0.39, 0.29) is 0 Å². The highest BCUT2D eigenvalue weighted by Gasteiger charge is 2.26. The maximum atomic E-state index is 6.14. The smallest absolute Gasteiger partial charge is 0.0469 e. The van der Waals surface area contributed by atoms with E-state index in [2.05, 4.69) is 47.0 Å². The van der Waals surface area contributed by atoms with Crippen LogP contribution in [-0.4, -0.2) is 19.8 Å². The van der Waals surface area contributed by atoms with E-state index in [1.807, 2.05) is 6.07 Å². The molecular weight excluding hydrogens is 361 g/mol. The van der Waals surface area contributed by atoms with Gasteiger partial charge in [-0.1, -0.05) is 18.5 Å². The lowest BCUT2D eigenvalue weighted by molar-refractivity contribution is 0.0537. The van der Waals surface area contributed by atoms with E-state index in [9.17, 15) is 0 Å². The molecule has 0 amide bonds. The maximum absolute atomic E-state index is 6.14. The lowest BCUT2D eigenvalue weighted by Gasteiger charge is -2.32. The van der Waals surface area contributed by atoms with Crippen LogP contribution < -0.4 is 5.32 Å². The Morgan fingerprint density at radius 1 is 1.44 bits per heavy atom. The van der Waals surface area contributed by atoms with Gasteiger partial charge in [0.2, 0.25) is 0 Å². The molecule has 1 atom stereocenters. The van der Waals surface area contributed by atoms with Crippen molar-refractivity contribution in [1.82, 2.24) is 5.32 Å². The Balaban J connectivity index is 2.24. The van der Waals surface area contributed by atoms with Crippen LogP contribution in [0.1, 0.15) is 31.4 Å². The second kappa shape index (κ2) is 7.08. The summed E-state index contributed by atoms with van der Waals surface area (Å²) in [7, 11) is 0. The zero-order valence-corrected chi connectivity index (χ0v) is 13.5. The normalized spacial score (nSPS) is 18.8. The zero-order valence-electron chi connectivity index (χ0n) is 10.6. The third kappa shape index (κ3) is 3.59. The van der Waals surface area contributed by atoms with E-state index in [4.69, 9.17) is 16.3 Å². The highest BCUT2D eigenvalue weighted by atomic mass is 127. The summed E-state index contributed by atoms with van der Waals surface area (Å²) in [4.78, 5) is 0. The molecule has 0 aromatic heterocycles. The molecule has 1 unspecified atom stereocenters. The van der Waals surface area contributed by atoms with E-state index in [0.717, 1.165) is 37.6 Å². The molecule has 1 saturated heterocycles. The third-order valence-electron chi connectivity index (χ3n) is 3.45. The fourth-order valence-electron chi connectivity index (χ4n) is 2.55. The van der Waals surface area contributed by atoms with Gasteiger partial charge in [-0.2, -0.15) is 0 Å². The van der Waals surface area contributed by atoms with Gasteiger partial charge in [0.1, 0.15) is 0 Å². The molecule has 4 heteroatoms. The van der Waals surface area contributed by atoms with Crippen molar-refractivity contribution in [2.24, 2.45) is 5.92 Å². The predicted octanol–water partition coefficient (Wildman–Crippen LogP) is 4.02. The van der Waals surface area contributed by atoms with Crippen LogP contribution in [0.2, 0.25) is 5.02 Å². The van der Waals surface area contributed by atoms with Crippen LogP contribution in [0.3, 0.4) is 0 Å². The van der Waals surface area contributed by atoms with Crippen molar-refractivity contribution in [2.45, 2.75) is 25.8 Å². The Bertz CT molecular complexity index is 393. The van der Waals surface area contributed by atoms with Crippen LogP contribution in [-0.2, 0) is 4.74 Å². The van der Waals surface area contributed by atoms with E-state index < -0.39 is 0 Å². The van der Waals surface area contributed by atoms with Crippen molar-refractivity contribution in [3.63, 3.8) is 0 Å². The van der Waals surface area contributed by atoms with Crippen LogP contribution >= 0.6 is 34.2 Å². The monoisotopic (exact) mass is 379 g/mol. The lowest BCUT2D eigenvalue weighted by atomic mass is 9.87. The van der Waals surface area contributed by atoms with Crippen molar-refractivity contribution >= 4 is 34.2 Å². The second-order valence-corrected chi connectivity index (χ2v) is 6.25. The number of nitrogens with one attached hydrogen (secondary N) is 1. The van der Waals surface area contributed by atoms with Crippen LogP contribution in [0, 0.1) is 9.49 Å². The summed E-state index contributed by atoms with van der Waals surface area (Å²) in [6.45, 7) is 4.89. The first-order valence-electron chi connectivity index (χ1n) is 6.48. The fourth-order valence-corrected chi connectivity index (χ4v) is 3.40. The van der Waals surface area contributed by atoms with Gasteiger partial charge in [-0.3, -0.25) is 0 Å². The number of ether oxygens (including phenoxy) is 1. The number of halogens is 2. The van der Waals surface area contributed by atoms with Gasteiger partial charge in [-0.05, 0) is 71.7 Å². The van der Waals surface area contributed by atoms with Gasteiger partial charge in [0.15, 0.2) is 0 Å². The van der Waals surface area contributed by atoms with Gasteiger partial charge in [0, 0.05) is 27.8 Å². The minimum Gasteiger partial charge on any atom is -0.381 e. The largest absolute Gasteiger partial charge is 0.381 e. The molecule has 1 aromatic rings. The molecular formula is C14H19ClINO. The molecule has 1 heterocycles. The minimum absolute atomic E-state index is 0.393. The summed E-state index contributed by atoms with van der Waals surface area (Å²) in [5.41, 5.74) is 1.33. The molecule has 0 aliphatic carbocycles. The van der Waals surface area contributed by atoms with E-state index in [0.29, 0.717) is 12.0 Å². The van der Waals surface area contributed by atoms with Crippen LogP contribution in [0.25, 0.3) is 0 Å². The molecule has 0 bridgehead atoms. The van der Waals surface area contributed by atoms with Crippen LogP contribution in [0.4, 0.5) is 0 Å². The van der Waals surface area contributed by atoms with Crippen molar-refractivity contribution in [3.8, 4) is 0 Å². The summed E-state index contributed by atoms with van der Waals surface area (Å²) in [6, 6.07) is 6.55. The van der Waals surface area contributed by atoms with E-state index in [1.165, 1.54) is 9.13 Å². The molecule has 1 aliphatic rings. The number of benzene rings is 1. The average molecular weight is 380 g/mol. The zero-order chi connectivity index (χ0) is 13.0. The summed E-state index contributed by atoms with van der Waals surface area (Å²) in [5, 5.41) is 4.44. The molecule has 100 valence electrons. The van der Waals surface area contributed by atoms with Crippen molar-refractivity contribution < 1.29 is 4.74 Å². The third-order valence-corrected chi connectivity index (χ3v) is 4.67. The molecule has 0 saturated carbocycles. The number of hydrogen-bond acceptors (Lipinski definition) is 2. The molecule has 1 N–H and O–H groups in total. The minimum atomic E-state index is 0.393. The van der Waals surface area contributed by atoms with Crippen molar-refractivity contribution in [3.05, 3.63) is 32.4 Å². The summed E-state index contributed by atoms with van der Waals surface area (Å²) >= 11 is 8.54. The fraction of sp³-hybridized carbons (Fsp3) is 0.571. The molecule has 2 rings (SSSR count). The van der Waals surface area contributed by atoms with E-state index >= 15 is 0 Å². The van der Waals surface area contributed by atoms with Gasteiger partial charge in [-0.15, -0.1) is 0 Å². The first-order valence-corrected chi connectivity index (χ1v) is 7.94. The molecule has 1 aliphatic heterocycles. The number of hydrogen-bond donors (Lipinski definition) is 1. The first-order chi connectivity index (χ1) is 8.72. The molecule has 2 nitrogen and oxygen atoms in total. The first kappa shape index (κ1) is 14.6. The van der Waals surface area contributed by atoms with Crippen LogP contribution in [0.5, 0.6) is 0 Å². The quantitative estimate of drug-likeness (QED) is 0.798. The van der Waals surface area contributed by atoms with Gasteiger partial charge in [0.25, 0.3) is 0 Å². The Labute approximate surface area is 128 Å². The van der Waals surface area contributed by atoms with Crippen LogP contribution in [0.15, 0.2) is 18.2 Å². The second-order valence-electron chi connectivity index (χ2n) is 4.65. The SMILES string of the molecule is CCNC(c1cc(Cl)ccc1I)C1CCOCC1. The highest BCUT2D eigenvalue weighted by molar-refractivity contribution is 14.1. The Hall–Kier alpha value is 0.160. The standard InChI is InChI=1S/C14H19ClINO/c1-2-17-14(10-5-7-18-8-6-10)12-9-11(15)3-4-13(12)16/h3-4,9-10,14,17H,2,5-8H2,1H3. The van der Waals surface area contributed by atoms with Gasteiger partial charge in [0.05, 0.1) is 0 Å². The topological polar surface area (TPSA) is 21.3 Å². The average Bonchev–Trinajstić information content (AvgIpc) is 2.40. The van der Waals surface area contributed by atoms with Crippen molar-refractivity contribution in [2.75, 3.05) is 19.8 Å². The predicted molar refractivity (Wildman–Crippen MR) is 84.1 cm³/mol. The van der Waals surface area contributed by atoms with Crippen molar-refractivity contribution in [1.29, 1.82) is 0 Å². The summed E-state index contributed by atoms with van der Waals surface area (Å²) < 4.78 is 6.75. The Morgan fingerprint density at radius 2 is 2.17 bits per heavy atom.